The Morgan fingerprint density at radius 1 is 1.83 bits per heavy atom. The molecule has 0 bridgehead atoms. The van der Waals surface area contributed by atoms with Gasteiger partial charge < -0.3 is 5.01 Å². The van der Waals surface area contributed by atoms with E-state index in [0.717, 1.165) is 0 Å². The molecule has 0 saturated heterocycles. The minimum atomic E-state index is 1.88. The van der Waals surface area contributed by atoms with E-state index < -0.39 is 0 Å². The van der Waals surface area contributed by atoms with Crippen LogP contribution in [0.25, 0.3) is 0 Å². The van der Waals surface area contributed by atoms with Crippen molar-refractivity contribution in [2.75, 3.05) is 7.05 Å². The molecule has 0 fully saturated rings. The quantitative estimate of drug-likeness (QED) is 0.396. The molecule has 6 heavy (non-hydrogen) atoms. The van der Waals surface area contributed by atoms with Crippen molar-refractivity contribution in [3.8, 4) is 0 Å². The molecule has 0 aromatic rings. The van der Waals surface area contributed by atoms with Gasteiger partial charge in [-0.3, -0.25) is 5.34 Å². The van der Waals surface area contributed by atoms with Crippen LogP contribution in [0.3, 0.4) is 0 Å². The summed E-state index contributed by atoms with van der Waals surface area (Å²) in [6.07, 6.45) is 1.94. The molecule has 1 aliphatic rings. The number of rotatable bonds is 0. The van der Waals surface area contributed by atoms with Crippen LogP contribution in [0.2, 0.25) is 0 Å². The lowest BCUT2D eigenvalue weighted by Gasteiger charge is -2.05. The molecular formula is C3H6BN2. The van der Waals surface area contributed by atoms with Crippen LogP contribution in [0.4, 0.5) is 0 Å². The molecule has 1 heterocycles. The third-order valence-corrected chi connectivity index (χ3v) is 0.684. The van der Waals surface area contributed by atoms with Crippen LogP contribution < -0.4 is 5.34 Å². The van der Waals surface area contributed by atoms with Gasteiger partial charge in [0, 0.05) is 13.2 Å². The van der Waals surface area contributed by atoms with Gasteiger partial charge in [-0.2, -0.15) is 0 Å². The van der Waals surface area contributed by atoms with Gasteiger partial charge >= 0.3 is 0 Å². The first kappa shape index (κ1) is 3.74. The van der Waals surface area contributed by atoms with Crippen molar-refractivity contribution in [1.29, 1.82) is 0 Å². The molecule has 0 aliphatic carbocycles. The molecule has 1 N–H and O–H groups in total. The zero-order valence-electron chi connectivity index (χ0n) is 3.68. The number of hydrazine groups is 1. The van der Waals surface area contributed by atoms with Gasteiger partial charge in [0.2, 0.25) is 0 Å². The molecule has 1 rings (SSSR count). The van der Waals surface area contributed by atoms with Gasteiger partial charge in [-0.1, -0.05) is 5.98 Å². The number of hydrogen-bond acceptors (Lipinski definition) is 2. The Morgan fingerprint density at radius 2 is 2.67 bits per heavy atom. The van der Waals surface area contributed by atoms with Crippen molar-refractivity contribution in [3.63, 3.8) is 0 Å². The third-order valence-electron chi connectivity index (χ3n) is 0.684. The molecule has 0 saturated carbocycles. The van der Waals surface area contributed by atoms with Crippen LogP contribution >= 0.6 is 0 Å². The molecule has 0 aromatic carbocycles. The first-order valence-corrected chi connectivity index (χ1v) is 1.88. The first-order chi connectivity index (χ1) is 2.89. The Kier molecular flexibility index (Phi) is 0.840. The van der Waals surface area contributed by atoms with Crippen LogP contribution in [0, 0.1) is 0 Å². The summed E-state index contributed by atoms with van der Waals surface area (Å²) in [4.78, 5) is 0. The average Bonchev–Trinajstić information content (AvgIpc) is 1.86. The second-order valence-corrected chi connectivity index (χ2v) is 1.25. The summed E-state index contributed by atoms with van der Waals surface area (Å²) in [6.45, 7) is 0. The van der Waals surface area contributed by atoms with Gasteiger partial charge in [0.1, 0.15) is 0 Å². The Bertz CT molecular complexity index is 71.2. The van der Waals surface area contributed by atoms with Crippen LogP contribution in [0.15, 0.2) is 12.2 Å². The van der Waals surface area contributed by atoms with E-state index >= 15 is 0 Å². The summed E-state index contributed by atoms with van der Waals surface area (Å²) in [7, 11) is 3.82. The SMILES string of the molecule is CN1C=C[B]N1. The molecule has 0 amide bonds. The molecule has 0 atom stereocenters. The fourth-order valence-corrected chi connectivity index (χ4v) is 0.376. The van der Waals surface area contributed by atoms with E-state index in [1.54, 1.807) is 0 Å². The summed E-state index contributed by atoms with van der Waals surface area (Å²) >= 11 is 0. The second kappa shape index (κ2) is 1.35. The van der Waals surface area contributed by atoms with Gasteiger partial charge in [-0.25, -0.2) is 0 Å². The summed E-state index contributed by atoms with van der Waals surface area (Å²) in [5.41, 5.74) is 0. The van der Waals surface area contributed by atoms with E-state index in [1.165, 1.54) is 0 Å². The molecule has 1 radical (unpaired) electrons. The fraction of sp³-hybridized carbons (Fsp3) is 0.333. The Hall–Kier alpha value is -0.435. The van der Waals surface area contributed by atoms with E-state index in [2.05, 4.69) is 5.34 Å². The molecule has 31 valence electrons. The maximum absolute atomic E-state index is 2.92. The highest BCUT2D eigenvalue weighted by Gasteiger charge is 1.93. The predicted molar refractivity (Wildman–Crippen MR) is 25.8 cm³/mol. The lowest BCUT2D eigenvalue weighted by Crippen LogP contribution is -2.25. The van der Waals surface area contributed by atoms with Crippen molar-refractivity contribution in [2.24, 2.45) is 0 Å². The summed E-state index contributed by atoms with van der Waals surface area (Å²) < 4.78 is 0. The maximum Gasteiger partial charge on any atom is 0.263 e. The molecule has 0 unspecified atom stereocenters. The lowest BCUT2D eigenvalue weighted by molar-refractivity contribution is 0.435. The standard InChI is InChI=1S/C3H6BN2/c1-6-3-2-4-5-6/h2-3,5H,1H3. The predicted octanol–water partition coefficient (Wildman–Crippen LogP) is -0.473. The zero-order valence-corrected chi connectivity index (χ0v) is 3.68. The topological polar surface area (TPSA) is 15.3 Å². The molecule has 2 nitrogen and oxygen atoms in total. The fourth-order valence-electron chi connectivity index (χ4n) is 0.376. The Balaban J connectivity index is 2.38. The van der Waals surface area contributed by atoms with Crippen LogP contribution in [0.5, 0.6) is 0 Å². The van der Waals surface area contributed by atoms with E-state index in [9.17, 15) is 0 Å². The summed E-state index contributed by atoms with van der Waals surface area (Å²) in [5.74, 6) is 1.94. The lowest BCUT2D eigenvalue weighted by atomic mass is 10.00. The molecular weight excluding hydrogens is 74.9 g/mol. The summed E-state index contributed by atoms with van der Waals surface area (Å²) in [5, 5.41) is 4.79. The zero-order chi connectivity index (χ0) is 4.41. The van der Waals surface area contributed by atoms with Crippen molar-refractivity contribution >= 4 is 7.41 Å². The Labute approximate surface area is 38.1 Å². The van der Waals surface area contributed by atoms with Crippen LogP contribution in [0.1, 0.15) is 0 Å². The minimum absolute atomic E-state index is 1.88. The normalized spacial score (nSPS) is 18.5. The highest BCUT2D eigenvalue weighted by molar-refractivity contribution is 6.39. The van der Waals surface area contributed by atoms with Gasteiger partial charge in [-0.05, 0) is 0 Å². The van der Waals surface area contributed by atoms with Crippen molar-refractivity contribution in [3.05, 3.63) is 12.2 Å². The van der Waals surface area contributed by atoms with Gasteiger partial charge in [0.15, 0.2) is 0 Å². The van der Waals surface area contributed by atoms with Crippen molar-refractivity contribution in [2.45, 2.75) is 0 Å². The highest BCUT2D eigenvalue weighted by atomic mass is 15.5. The maximum atomic E-state index is 2.92. The number of nitrogens with zero attached hydrogens (tertiary/aromatic N) is 1. The van der Waals surface area contributed by atoms with E-state index in [1.807, 2.05) is 31.6 Å². The second-order valence-electron chi connectivity index (χ2n) is 1.25. The van der Waals surface area contributed by atoms with E-state index in [4.69, 9.17) is 0 Å². The van der Waals surface area contributed by atoms with Crippen molar-refractivity contribution < 1.29 is 0 Å². The van der Waals surface area contributed by atoms with Crippen LogP contribution in [-0.4, -0.2) is 19.5 Å². The average molecular weight is 80.9 g/mol. The molecule has 3 heteroatoms. The largest absolute Gasteiger partial charge is 0.331 e. The van der Waals surface area contributed by atoms with Gasteiger partial charge in [0.25, 0.3) is 7.41 Å². The number of hydrogen-bond donors (Lipinski definition) is 1. The number of nitrogens with one attached hydrogen (secondary N) is 1. The first-order valence-electron chi connectivity index (χ1n) is 1.88. The highest BCUT2D eigenvalue weighted by Crippen LogP contribution is 1.81. The molecule has 1 aliphatic heterocycles. The summed E-state index contributed by atoms with van der Waals surface area (Å²) in [6, 6.07) is 0. The van der Waals surface area contributed by atoms with Crippen LogP contribution in [-0.2, 0) is 0 Å². The van der Waals surface area contributed by atoms with Crippen molar-refractivity contribution in [1.82, 2.24) is 10.3 Å². The molecule has 0 aromatic heterocycles. The monoisotopic (exact) mass is 81.1 g/mol. The van der Waals surface area contributed by atoms with Gasteiger partial charge in [-0.15, -0.1) is 0 Å². The minimum Gasteiger partial charge on any atom is -0.331 e. The van der Waals surface area contributed by atoms with E-state index in [0.29, 0.717) is 0 Å². The molecule has 0 spiro atoms. The van der Waals surface area contributed by atoms with Gasteiger partial charge in [0.05, 0.1) is 0 Å². The third kappa shape index (κ3) is 0.544. The Morgan fingerprint density at radius 3 is 2.83 bits per heavy atom. The smallest absolute Gasteiger partial charge is 0.263 e. The van der Waals surface area contributed by atoms with E-state index in [-0.39, 0.29) is 0 Å².